The maximum Gasteiger partial charge on any atom is 0.260 e. The van der Waals surface area contributed by atoms with Gasteiger partial charge in [0.15, 0.2) is 5.03 Å². The predicted octanol–water partition coefficient (Wildman–Crippen LogP) is 0.481. The minimum absolute atomic E-state index is 0.0635. The molecule has 0 bridgehead atoms. The summed E-state index contributed by atoms with van der Waals surface area (Å²) in [6.07, 6.45) is 4.14. The van der Waals surface area contributed by atoms with Gasteiger partial charge in [-0.2, -0.15) is 4.31 Å². The van der Waals surface area contributed by atoms with E-state index in [1.165, 1.54) is 10.5 Å². The van der Waals surface area contributed by atoms with E-state index in [9.17, 15) is 8.42 Å². The third-order valence-corrected chi connectivity index (χ3v) is 5.22. The predicted molar refractivity (Wildman–Crippen MR) is 68.8 cm³/mol. The number of aromatic nitrogens is 2. The molecule has 1 fully saturated rings. The van der Waals surface area contributed by atoms with Gasteiger partial charge in [-0.05, 0) is 39.3 Å². The average Bonchev–Trinajstić information content (AvgIpc) is 2.63. The average molecular weight is 272 g/mol. The number of nitrogens with zero attached hydrogens (tertiary/aromatic N) is 2. The summed E-state index contributed by atoms with van der Waals surface area (Å²) in [6.45, 7) is 3.58. The lowest BCUT2D eigenvalue weighted by atomic mass is 10.1. The zero-order valence-electron chi connectivity index (χ0n) is 10.8. The van der Waals surface area contributed by atoms with Crippen LogP contribution < -0.4 is 5.32 Å². The third-order valence-electron chi connectivity index (χ3n) is 3.40. The molecule has 7 heteroatoms. The van der Waals surface area contributed by atoms with Gasteiger partial charge >= 0.3 is 0 Å². The number of imidazole rings is 1. The maximum absolute atomic E-state index is 12.4. The Kier molecular flexibility index (Phi) is 4.04. The number of sulfonamides is 1. The molecule has 1 aromatic heterocycles. The molecule has 1 unspecified atom stereocenters. The minimum Gasteiger partial charge on any atom is -0.332 e. The number of nitrogens with one attached hydrogen (secondary N) is 2. The third kappa shape index (κ3) is 2.73. The van der Waals surface area contributed by atoms with Crippen LogP contribution in [-0.4, -0.2) is 48.9 Å². The first-order chi connectivity index (χ1) is 8.51. The second-order valence-corrected chi connectivity index (χ2v) is 6.65. The Balaban J connectivity index is 2.18. The molecule has 6 nitrogen and oxygen atoms in total. The molecule has 0 aromatic carbocycles. The highest BCUT2D eigenvalue weighted by molar-refractivity contribution is 7.89. The van der Waals surface area contributed by atoms with Crippen LogP contribution in [0.4, 0.5) is 0 Å². The Bertz CT molecular complexity index is 489. The summed E-state index contributed by atoms with van der Waals surface area (Å²) in [4.78, 5) is 6.75. The van der Waals surface area contributed by atoms with Crippen LogP contribution in [0.5, 0.6) is 0 Å². The van der Waals surface area contributed by atoms with Gasteiger partial charge in [-0.1, -0.05) is 0 Å². The fourth-order valence-corrected chi connectivity index (χ4v) is 3.62. The largest absolute Gasteiger partial charge is 0.332 e. The van der Waals surface area contributed by atoms with E-state index in [1.807, 2.05) is 0 Å². The lowest BCUT2D eigenvalue weighted by Crippen LogP contribution is -2.37. The van der Waals surface area contributed by atoms with Crippen molar-refractivity contribution in [2.75, 3.05) is 20.1 Å². The molecule has 2 rings (SSSR count). The van der Waals surface area contributed by atoms with Gasteiger partial charge in [0, 0.05) is 13.1 Å². The van der Waals surface area contributed by atoms with Gasteiger partial charge in [-0.15, -0.1) is 0 Å². The Labute approximate surface area is 108 Å². The molecule has 102 valence electrons. The van der Waals surface area contributed by atoms with E-state index in [4.69, 9.17) is 0 Å². The summed E-state index contributed by atoms with van der Waals surface area (Å²) >= 11 is 0. The lowest BCUT2D eigenvalue weighted by molar-refractivity contribution is 0.340. The van der Waals surface area contributed by atoms with Crippen LogP contribution in [0.25, 0.3) is 0 Å². The molecular weight excluding hydrogens is 252 g/mol. The summed E-state index contributed by atoms with van der Waals surface area (Å²) in [7, 11) is -1.79. The molecule has 1 atom stereocenters. The standard InChI is InChI=1S/C11H20N4O2S/c1-9-13-8-11(14-9)18(16,17)15(2)10-4-3-6-12-7-5-10/h8,10,12H,3-7H2,1-2H3,(H,13,14). The quantitative estimate of drug-likeness (QED) is 0.839. The summed E-state index contributed by atoms with van der Waals surface area (Å²) in [5.74, 6) is 0.615. The van der Waals surface area contributed by atoms with Crippen LogP contribution in [0.1, 0.15) is 25.1 Å². The van der Waals surface area contributed by atoms with E-state index < -0.39 is 10.0 Å². The summed E-state index contributed by atoms with van der Waals surface area (Å²) in [5, 5.41) is 3.47. The first-order valence-corrected chi connectivity index (χ1v) is 7.66. The van der Waals surface area contributed by atoms with Gasteiger partial charge in [0.05, 0.1) is 6.20 Å². The van der Waals surface area contributed by atoms with Crippen molar-refractivity contribution in [1.29, 1.82) is 0 Å². The van der Waals surface area contributed by atoms with Crippen molar-refractivity contribution in [3.63, 3.8) is 0 Å². The van der Waals surface area contributed by atoms with Gasteiger partial charge in [-0.3, -0.25) is 0 Å². The first-order valence-electron chi connectivity index (χ1n) is 6.22. The SMILES string of the molecule is Cc1ncc(S(=O)(=O)N(C)C2CCCNCC2)[nH]1. The van der Waals surface area contributed by atoms with Crippen molar-refractivity contribution in [3.05, 3.63) is 12.0 Å². The normalized spacial score (nSPS) is 22.1. The molecule has 1 aliphatic heterocycles. The molecule has 1 saturated heterocycles. The van der Waals surface area contributed by atoms with Gasteiger partial charge in [0.2, 0.25) is 0 Å². The highest BCUT2D eigenvalue weighted by atomic mass is 32.2. The molecular formula is C11H20N4O2S. The highest BCUT2D eigenvalue weighted by Gasteiger charge is 2.29. The molecule has 0 aliphatic carbocycles. The summed E-state index contributed by atoms with van der Waals surface area (Å²) in [6, 6.07) is 0.0635. The zero-order chi connectivity index (χ0) is 13.2. The number of hydrogen-bond acceptors (Lipinski definition) is 4. The number of hydrogen-bond donors (Lipinski definition) is 2. The zero-order valence-corrected chi connectivity index (χ0v) is 11.6. The maximum atomic E-state index is 12.4. The smallest absolute Gasteiger partial charge is 0.260 e. The minimum atomic E-state index is -3.45. The molecule has 1 aromatic rings. The Morgan fingerprint density at radius 1 is 1.39 bits per heavy atom. The van der Waals surface area contributed by atoms with Gasteiger partial charge in [-0.25, -0.2) is 13.4 Å². The van der Waals surface area contributed by atoms with Crippen LogP contribution >= 0.6 is 0 Å². The molecule has 0 saturated carbocycles. The van der Waals surface area contributed by atoms with Crippen LogP contribution in [-0.2, 0) is 10.0 Å². The molecule has 0 radical (unpaired) electrons. The van der Waals surface area contributed by atoms with E-state index in [0.29, 0.717) is 5.82 Å². The number of rotatable bonds is 3. The van der Waals surface area contributed by atoms with Crippen LogP contribution in [0.15, 0.2) is 11.2 Å². The van der Waals surface area contributed by atoms with E-state index in [0.717, 1.165) is 32.4 Å². The van der Waals surface area contributed by atoms with Gasteiger partial charge in [0.1, 0.15) is 5.82 Å². The van der Waals surface area contributed by atoms with Crippen molar-refractivity contribution in [2.24, 2.45) is 0 Å². The molecule has 0 spiro atoms. The Morgan fingerprint density at radius 2 is 2.17 bits per heavy atom. The highest BCUT2D eigenvalue weighted by Crippen LogP contribution is 2.20. The fourth-order valence-electron chi connectivity index (χ4n) is 2.25. The number of aryl methyl sites for hydroxylation is 1. The van der Waals surface area contributed by atoms with Gasteiger partial charge in [0.25, 0.3) is 10.0 Å². The van der Waals surface area contributed by atoms with Crippen molar-refractivity contribution in [2.45, 2.75) is 37.3 Å². The second-order valence-electron chi connectivity index (χ2n) is 4.69. The van der Waals surface area contributed by atoms with E-state index in [1.54, 1.807) is 14.0 Å². The van der Waals surface area contributed by atoms with Crippen LogP contribution in [0, 0.1) is 6.92 Å². The molecule has 2 N–H and O–H groups in total. The summed E-state index contributed by atoms with van der Waals surface area (Å²) < 4.78 is 26.3. The molecule has 2 heterocycles. The Hall–Kier alpha value is -0.920. The molecule has 1 aliphatic rings. The first kappa shape index (κ1) is 13.5. The second kappa shape index (κ2) is 5.38. The Morgan fingerprint density at radius 3 is 2.83 bits per heavy atom. The van der Waals surface area contributed by atoms with E-state index >= 15 is 0 Å². The van der Waals surface area contributed by atoms with Crippen LogP contribution in [0.3, 0.4) is 0 Å². The monoisotopic (exact) mass is 272 g/mol. The van der Waals surface area contributed by atoms with E-state index in [-0.39, 0.29) is 11.1 Å². The summed E-state index contributed by atoms with van der Waals surface area (Å²) in [5.41, 5.74) is 0. The van der Waals surface area contributed by atoms with Crippen molar-refractivity contribution in [1.82, 2.24) is 19.6 Å². The lowest BCUT2D eigenvalue weighted by Gasteiger charge is -2.25. The van der Waals surface area contributed by atoms with Crippen LogP contribution in [0.2, 0.25) is 0 Å². The fraction of sp³-hybridized carbons (Fsp3) is 0.727. The van der Waals surface area contributed by atoms with Gasteiger partial charge < -0.3 is 10.3 Å². The van der Waals surface area contributed by atoms with Crippen molar-refractivity contribution < 1.29 is 8.42 Å². The topological polar surface area (TPSA) is 78.1 Å². The van der Waals surface area contributed by atoms with E-state index in [2.05, 4.69) is 15.3 Å². The van der Waals surface area contributed by atoms with Crippen molar-refractivity contribution >= 4 is 10.0 Å². The molecule has 0 amide bonds. The molecule has 18 heavy (non-hydrogen) atoms. The number of aromatic amines is 1. The van der Waals surface area contributed by atoms with Crippen molar-refractivity contribution in [3.8, 4) is 0 Å². The number of H-pyrrole nitrogens is 1.